The normalized spacial score (nSPS) is 12.2. The molecule has 0 heterocycles. The number of hydrogen-bond acceptors (Lipinski definition) is 3. The van der Waals surface area contributed by atoms with Gasteiger partial charge in [0, 0.05) is 21.6 Å². The van der Waals surface area contributed by atoms with Gasteiger partial charge >= 0.3 is 0 Å². The molecule has 82 valence electrons. The summed E-state index contributed by atoms with van der Waals surface area (Å²) in [6, 6.07) is 7.56. The summed E-state index contributed by atoms with van der Waals surface area (Å²) in [5.41, 5.74) is 2.11. The van der Waals surface area contributed by atoms with Crippen molar-refractivity contribution < 1.29 is 4.79 Å². The molecule has 5 heteroatoms. The lowest BCUT2D eigenvalue weighted by Gasteiger charge is -2.09. The van der Waals surface area contributed by atoms with Crippen molar-refractivity contribution in [3.8, 4) is 0 Å². The molecule has 0 aliphatic heterocycles. The van der Waals surface area contributed by atoms with E-state index in [4.69, 9.17) is 17.4 Å². The molecule has 1 unspecified atom stereocenters. The monoisotopic (exact) mass is 244 g/mol. The maximum atomic E-state index is 11.0. The van der Waals surface area contributed by atoms with Crippen LogP contribution in [-0.2, 0) is 4.79 Å². The molecule has 0 aromatic heterocycles. The Kier molecular flexibility index (Phi) is 4.94. The summed E-state index contributed by atoms with van der Waals surface area (Å²) in [4.78, 5) is 12.1. The minimum atomic E-state index is -0.156. The molecule has 15 heavy (non-hydrogen) atoms. The Morgan fingerprint density at radius 3 is 3.00 bits per heavy atom. The van der Waals surface area contributed by atoms with Gasteiger partial charge in [-0.25, -0.2) is 5.84 Å². The number of amides is 1. The minimum absolute atomic E-state index is 0.156. The van der Waals surface area contributed by atoms with E-state index in [0.717, 1.165) is 4.90 Å². The molecule has 0 fully saturated rings. The van der Waals surface area contributed by atoms with Gasteiger partial charge in [0.25, 0.3) is 0 Å². The van der Waals surface area contributed by atoms with Crippen molar-refractivity contribution in [3.63, 3.8) is 0 Å². The molecule has 3 N–H and O–H groups in total. The minimum Gasteiger partial charge on any atom is -0.294 e. The summed E-state index contributed by atoms with van der Waals surface area (Å²) in [7, 11) is 0. The molecule has 0 aliphatic carbocycles. The second-order valence-electron chi connectivity index (χ2n) is 3.16. The van der Waals surface area contributed by atoms with Crippen LogP contribution in [0.5, 0.6) is 0 Å². The first-order chi connectivity index (χ1) is 7.11. The van der Waals surface area contributed by atoms with E-state index in [9.17, 15) is 4.79 Å². The summed E-state index contributed by atoms with van der Waals surface area (Å²) in [5.74, 6) is 4.85. The Morgan fingerprint density at radius 2 is 2.40 bits per heavy atom. The topological polar surface area (TPSA) is 55.1 Å². The van der Waals surface area contributed by atoms with E-state index in [1.807, 2.05) is 31.2 Å². The van der Waals surface area contributed by atoms with Crippen LogP contribution in [0.2, 0.25) is 5.02 Å². The second kappa shape index (κ2) is 6.00. The number of carbonyl (C=O) groups excluding carboxylic acids is 1. The summed E-state index contributed by atoms with van der Waals surface area (Å²) in [6.07, 6.45) is 0.397. The van der Waals surface area contributed by atoms with E-state index in [1.54, 1.807) is 11.8 Å². The summed E-state index contributed by atoms with van der Waals surface area (Å²) >= 11 is 7.45. The average molecular weight is 245 g/mol. The molecule has 3 nitrogen and oxygen atoms in total. The van der Waals surface area contributed by atoms with Crippen LogP contribution in [0.4, 0.5) is 0 Å². The lowest BCUT2D eigenvalue weighted by Crippen LogP contribution is -2.31. The van der Waals surface area contributed by atoms with Gasteiger partial charge in [-0.2, -0.15) is 0 Å². The molecule has 1 atom stereocenters. The molecule has 0 saturated carbocycles. The van der Waals surface area contributed by atoms with Crippen LogP contribution in [0.1, 0.15) is 13.3 Å². The van der Waals surface area contributed by atoms with E-state index in [0.29, 0.717) is 11.4 Å². The lowest BCUT2D eigenvalue weighted by atomic mass is 10.3. The fourth-order valence-corrected chi connectivity index (χ4v) is 2.44. The Balaban J connectivity index is 2.51. The summed E-state index contributed by atoms with van der Waals surface area (Å²) < 4.78 is 0. The molecule has 1 rings (SSSR count). The van der Waals surface area contributed by atoms with Gasteiger partial charge in [0.15, 0.2) is 0 Å². The quantitative estimate of drug-likeness (QED) is 0.370. The van der Waals surface area contributed by atoms with Crippen molar-refractivity contribution in [2.75, 3.05) is 0 Å². The van der Waals surface area contributed by atoms with Gasteiger partial charge < -0.3 is 0 Å². The van der Waals surface area contributed by atoms with Gasteiger partial charge in [-0.05, 0) is 18.2 Å². The number of thioether (sulfide) groups is 1. The largest absolute Gasteiger partial charge is 0.294 e. The third kappa shape index (κ3) is 4.55. The van der Waals surface area contributed by atoms with E-state index < -0.39 is 0 Å². The lowest BCUT2D eigenvalue weighted by molar-refractivity contribution is -0.121. The smallest absolute Gasteiger partial charge is 0.234 e. The Morgan fingerprint density at radius 1 is 1.67 bits per heavy atom. The van der Waals surface area contributed by atoms with Crippen LogP contribution < -0.4 is 11.3 Å². The van der Waals surface area contributed by atoms with Crippen LogP contribution in [0.25, 0.3) is 0 Å². The number of nitrogens with two attached hydrogens (primary N) is 1. The SMILES string of the molecule is CC(CC(=O)NN)Sc1cccc(Cl)c1. The standard InChI is InChI=1S/C10H13ClN2OS/c1-7(5-10(14)13-12)15-9-4-2-3-8(11)6-9/h2-4,6-7H,5,12H2,1H3,(H,13,14). The zero-order chi connectivity index (χ0) is 11.3. The first kappa shape index (κ1) is 12.4. The van der Waals surface area contributed by atoms with Crippen LogP contribution in [0.15, 0.2) is 29.2 Å². The fraction of sp³-hybridized carbons (Fsp3) is 0.300. The van der Waals surface area contributed by atoms with Gasteiger partial charge in [0.1, 0.15) is 0 Å². The maximum Gasteiger partial charge on any atom is 0.234 e. The van der Waals surface area contributed by atoms with Crippen molar-refractivity contribution in [1.29, 1.82) is 0 Å². The predicted octanol–water partition coefficient (Wildman–Crippen LogP) is 2.20. The van der Waals surface area contributed by atoms with Gasteiger partial charge in [0.05, 0.1) is 0 Å². The van der Waals surface area contributed by atoms with Crippen LogP contribution in [0, 0.1) is 0 Å². The van der Waals surface area contributed by atoms with Crippen molar-refractivity contribution in [1.82, 2.24) is 5.43 Å². The highest BCUT2D eigenvalue weighted by Crippen LogP contribution is 2.26. The van der Waals surface area contributed by atoms with Crippen molar-refractivity contribution in [2.24, 2.45) is 5.84 Å². The zero-order valence-corrected chi connectivity index (χ0v) is 9.94. The molecule has 1 aromatic rings. The van der Waals surface area contributed by atoms with Gasteiger partial charge in [-0.3, -0.25) is 10.2 Å². The molecule has 0 radical (unpaired) electrons. The zero-order valence-electron chi connectivity index (χ0n) is 8.37. The van der Waals surface area contributed by atoms with Gasteiger partial charge in [0.2, 0.25) is 5.91 Å². The number of nitrogens with one attached hydrogen (secondary N) is 1. The van der Waals surface area contributed by atoms with Crippen LogP contribution >= 0.6 is 23.4 Å². The summed E-state index contributed by atoms with van der Waals surface area (Å²) in [6.45, 7) is 1.97. The molecule has 0 aliphatic rings. The average Bonchev–Trinajstić information content (AvgIpc) is 2.17. The molecule has 1 aromatic carbocycles. The Hall–Kier alpha value is -0.710. The predicted molar refractivity (Wildman–Crippen MR) is 63.7 cm³/mol. The molecule has 1 amide bonds. The van der Waals surface area contributed by atoms with Crippen molar-refractivity contribution >= 4 is 29.3 Å². The van der Waals surface area contributed by atoms with Crippen molar-refractivity contribution in [3.05, 3.63) is 29.3 Å². The summed E-state index contributed by atoms with van der Waals surface area (Å²) in [5, 5.41) is 0.877. The Labute approximate surface area is 98.3 Å². The molecule has 0 spiro atoms. The van der Waals surface area contributed by atoms with Crippen LogP contribution in [-0.4, -0.2) is 11.2 Å². The number of carbonyl (C=O) groups is 1. The molecular weight excluding hydrogens is 232 g/mol. The van der Waals surface area contributed by atoms with E-state index in [1.165, 1.54) is 0 Å². The van der Waals surface area contributed by atoms with Gasteiger partial charge in [-0.15, -0.1) is 11.8 Å². The first-order valence-electron chi connectivity index (χ1n) is 4.53. The third-order valence-electron chi connectivity index (χ3n) is 1.77. The molecule has 0 bridgehead atoms. The highest BCUT2D eigenvalue weighted by atomic mass is 35.5. The second-order valence-corrected chi connectivity index (χ2v) is 5.11. The van der Waals surface area contributed by atoms with E-state index in [2.05, 4.69) is 5.43 Å². The van der Waals surface area contributed by atoms with E-state index >= 15 is 0 Å². The van der Waals surface area contributed by atoms with E-state index in [-0.39, 0.29) is 11.2 Å². The highest BCUT2D eigenvalue weighted by Gasteiger charge is 2.09. The highest BCUT2D eigenvalue weighted by molar-refractivity contribution is 8.00. The number of rotatable bonds is 4. The third-order valence-corrected chi connectivity index (χ3v) is 3.10. The van der Waals surface area contributed by atoms with Gasteiger partial charge in [-0.1, -0.05) is 24.6 Å². The van der Waals surface area contributed by atoms with Crippen LogP contribution in [0.3, 0.4) is 0 Å². The number of hydrazine groups is 1. The number of hydrogen-bond donors (Lipinski definition) is 2. The van der Waals surface area contributed by atoms with Crippen molar-refractivity contribution in [2.45, 2.75) is 23.5 Å². The molecular formula is C10H13ClN2OS. The maximum absolute atomic E-state index is 11.0. The fourth-order valence-electron chi connectivity index (χ4n) is 1.13. The first-order valence-corrected chi connectivity index (χ1v) is 5.79. The Bertz CT molecular complexity index is 346. The molecule has 0 saturated heterocycles. The number of benzene rings is 1. The number of halogens is 1.